The highest BCUT2D eigenvalue weighted by Crippen LogP contribution is 2.34. The Morgan fingerprint density at radius 1 is 0.198 bits per heavy atom. The first-order chi connectivity index (χ1) is 52.4. The lowest BCUT2D eigenvalue weighted by molar-refractivity contribution is 0.214. The van der Waals surface area contributed by atoms with E-state index in [0.717, 1.165) is 60.6 Å². The van der Waals surface area contributed by atoms with Crippen LogP contribution in [0, 0.1) is 23.7 Å². The van der Waals surface area contributed by atoms with Crippen LogP contribution in [0.2, 0.25) is 0 Å². The fourth-order valence-corrected chi connectivity index (χ4v) is 16.0. The minimum Gasteiger partial charge on any atom is -0.493 e. The third kappa shape index (κ3) is 54.9. The molecule has 0 aliphatic rings. The van der Waals surface area contributed by atoms with Crippen LogP contribution >= 0.6 is 0 Å². The van der Waals surface area contributed by atoms with Gasteiger partial charge in [0.25, 0.3) is 0 Å². The summed E-state index contributed by atoms with van der Waals surface area (Å²) in [5.74, 6) is 6.19. The second-order valence-electron chi connectivity index (χ2n) is 33.7. The lowest BCUT2D eigenvalue weighted by Gasteiger charge is -2.21. The van der Waals surface area contributed by atoms with Crippen molar-refractivity contribution in [3.8, 4) is 23.0 Å². The number of ether oxygens (including phenoxy) is 4. The Hall–Kier alpha value is -3.66. The second kappa shape index (κ2) is 72.9. The summed E-state index contributed by atoms with van der Waals surface area (Å²) in [6.45, 7) is 21.8. The topological polar surface area (TPSA) is 36.9 Å². The molecule has 0 heterocycles. The Labute approximate surface area is 661 Å². The molecular weight excluding hydrogens is 1290 g/mol. The van der Waals surface area contributed by atoms with Gasteiger partial charge in [-0.15, -0.1) is 0 Å². The average Bonchev–Trinajstić information content (AvgIpc) is 0.854. The molecule has 0 saturated heterocycles. The largest absolute Gasteiger partial charge is 0.493 e. The average molecular weight is 1470 g/mol. The number of benzene rings is 3. The molecule has 0 spiro atoms. The molecule has 4 unspecified atom stereocenters. The van der Waals surface area contributed by atoms with Crippen LogP contribution in [-0.4, -0.2) is 26.4 Å². The molecule has 4 nitrogen and oxygen atoms in total. The van der Waals surface area contributed by atoms with Crippen molar-refractivity contribution in [2.45, 2.75) is 466 Å². The summed E-state index contributed by atoms with van der Waals surface area (Å²) in [7, 11) is 0. The molecule has 0 amide bonds. The van der Waals surface area contributed by atoms with E-state index in [1.54, 1.807) is 0 Å². The van der Waals surface area contributed by atoms with Crippen molar-refractivity contribution in [3.05, 3.63) is 82.9 Å². The smallest absolute Gasteiger partial charge is 0.130 e. The molecule has 0 aliphatic carbocycles. The van der Waals surface area contributed by atoms with Crippen molar-refractivity contribution in [1.29, 1.82) is 0 Å². The summed E-state index contributed by atoms with van der Waals surface area (Å²) in [4.78, 5) is 0. The minimum absolute atomic E-state index is 0.568. The van der Waals surface area contributed by atoms with Crippen LogP contribution in [0.25, 0.3) is 24.3 Å². The van der Waals surface area contributed by atoms with E-state index >= 15 is 0 Å². The first-order valence-electron chi connectivity index (χ1n) is 47.6. The molecule has 610 valence electrons. The lowest BCUT2D eigenvalue weighted by Crippen LogP contribution is -2.14. The third-order valence-electron chi connectivity index (χ3n) is 23.5. The van der Waals surface area contributed by atoms with Crippen LogP contribution < -0.4 is 18.9 Å². The van der Waals surface area contributed by atoms with Gasteiger partial charge in [0.05, 0.1) is 26.4 Å². The van der Waals surface area contributed by atoms with E-state index in [2.05, 4.69) is 140 Å². The number of rotatable bonds is 80. The quantitative estimate of drug-likeness (QED) is 0.0417. The number of unbranched alkanes of at least 4 members (excludes halogenated alkanes) is 48. The molecule has 106 heavy (non-hydrogen) atoms. The maximum absolute atomic E-state index is 7.13. The van der Waals surface area contributed by atoms with Crippen LogP contribution in [0.4, 0.5) is 0 Å². The van der Waals surface area contributed by atoms with Gasteiger partial charge in [-0.25, -0.2) is 0 Å². The first kappa shape index (κ1) is 96.5. The van der Waals surface area contributed by atoms with Crippen LogP contribution in [-0.2, 0) is 0 Å². The highest BCUT2D eigenvalue weighted by Gasteiger charge is 2.18. The van der Waals surface area contributed by atoms with E-state index in [4.69, 9.17) is 18.9 Å². The summed E-state index contributed by atoms with van der Waals surface area (Å²) in [6.07, 6.45) is 95.4. The Bertz CT molecular complexity index is 2220. The summed E-state index contributed by atoms with van der Waals surface area (Å²) in [6, 6.07) is 22.6. The van der Waals surface area contributed by atoms with Crippen LogP contribution in [0.3, 0.4) is 0 Å². The van der Waals surface area contributed by atoms with Crippen molar-refractivity contribution < 1.29 is 18.9 Å². The Balaban J connectivity index is 1.97. The SMILES string of the molecule is CCCCCCCCCCC(CCCCCCCC)COc1ccc(/C=C/c2ccc(/C=C/c3ccc(OCC(CCCCCCCC)CCCCCCCCCC)cc3OCC(CCCCCCCC)CCCCCCCCCC)cc2)c(OCC(CCCCCCCC)CCCCCCCCCC)c1. The zero-order valence-electron chi connectivity index (χ0n) is 72.1. The molecule has 0 saturated carbocycles. The van der Waals surface area contributed by atoms with E-state index in [1.807, 2.05) is 0 Å². The monoisotopic (exact) mass is 1470 g/mol. The molecule has 3 aromatic carbocycles. The van der Waals surface area contributed by atoms with Gasteiger partial charge in [0, 0.05) is 23.3 Å². The fraction of sp³-hybridized carbons (Fsp3) is 0.784. The van der Waals surface area contributed by atoms with Gasteiger partial charge in [-0.2, -0.15) is 0 Å². The van der Waals surface area contributed by atoms with E-state index in [-0.39, 0.29) is 0 Å². The molecule has 3 aromatic rings. The predicted molar refractivity (Wildman–Crippen MR) is 474 cm³/mol. The van der Waals surface area contributed by atoms with Crippen molar-refractivity contribution in [3.63, 3.8) is 0 Å². The molecule has 4 atom stereocenters. The molecule has 0 aromatic heterocycles. The fourth-order valence-electron chi connectivity index (χ4n) is 16.0. The van der Waals surface area contributed by atoms with Crippen molar-refractivity contribution in [2.24, 2.45) is 23.7 Å². The van der Waals surface area contributed by atoms with Crippen molar-refractivity contribution in [1.82, 2.24) is 0 Å². The summed E-state index contributed by atoms with van der Waals surface area (Å²) >= 11 is 0. The molecule has 4 heteroatoms. The zero-order chi connectivity index (χ0) is 75.7. The predicted octanol–water partition coefficient (Wildman–Crippen LogP) is 35.1. The van der Waals surface area contributed by atoms with Gasteiger partial charge in [0.2, 0.25) is 0 Å². The summed E-state index contributed by atoms with van der Waals surface area (Å²) in [5.41, 5.74) is 4.64. The van der Waals surface area contributed by atoms with Crippen molar-refractivity contribution in [2.75, 3.05) is 26.4 Å². The van der Waals surface area contributed by atoms with Gasteiger partial charge in [0.1, 0.15) is 23.0 Å². The molecule has 0 aliphatic heterocycles. The van der Waals surface area contributed by atoms with Gasteiger partial charge < -0.3 is 18.9 Å². The first-order valence-corrected chi connectivity index (χ1v) is 47.6. The molecule has 0 fully saturated rings. The van der Waals surface area contributed by atoms with Crippen LogP contribution in [0.15, 0.2) is 60.7 Å². The van der Waals surface area contributed by atoms with E-state index in [0.29, 0.717) is 23.7 Å². The van der Waals surface area contributed by atoms with Gasteiger partial charge in [0.15, 0.2) is 0 Å². The van der Waals surface area contributed by atoms with Gasteiger partial charge in [-0.1, -0.05) is 464 Å². The number of hydrogen-bond acceptors (Lipinski definition) is 4. The molecule has 0 N–H and O–H groups in total. The molecule has 3 rings (SSSR count). The zero-order valence-corrected chi connectivity index (χ0v) is 72.1. The highest BCUT2D eigenvalue weighted by molar-refractivity contribution is 5.76. The second-order valence-corrected chi connectivity index (χ2v) is 33.7. The minimum atomic E-state index is 0.568. The maximum atomic E-state index is 7.13. The van der Waals surface area contributed by atoms with Gasteiger partial charge >= 0.3 is 0 Å². The van der Waals surface area contributed by atoms with E-state index < -0.39 is 0 Å². The normalized spacial score (nSPS) is 13.0. The van der Waals surface area contributed by atoms with Gasteiger partial charge in [-0.05, 0) is 110 Å². The summed E-state index contributed by atoms with van der Waals surface area (Å²) in [5, 5.41) is 0. The standard InChI is InChI=1S/C102H178O4/c1-9-17-25-33-41-45-53-61-67-93(65-57-49-37-29-21-13-5)87-103-99-83-81-97(101(85-99)105-89-95(69-59-51-39-31-23-15-7)71-63-55-47-43-35-27-19-11-3)79-77-91-73-75-92(76-74-91)78-80-98-82-84-100(104-88-94(66-58-50-38-30-22-14-6)68-62-54-46-42-34-26-18-10-2)86-102(98)106-90-96(70-60-52-40-32-24-16-8)72-64-56-48-44-36-28-20-12-4/h73-86,93-96H,9-72,87-90H2,1-8H3/b79-77+,80-78+. The molecule has 0 radical (unpaired) electrons. The lowest BCUT2D eigenvalue weighted by atomic mass is 9.94. The highest BCUT2D eigenvalue weighted by atomic mass is 16.5. The van der Waals surface area contributed by atoms with Crippen LogP contribution in [0.1, 0.15) is 489 Å². The van der Waals surface area contributed by atoms with E-state index in [9.17, 15) is 0 Å². The molecular formula is C102H178O4. The molecule has 0 bridgehead atoms. The van der Waals surface area contributed by atoms with Crippen molar-refractivity contribution >= 4 is 24.3 Å². The van der Waals surface area contributed by atoms with E-state index in [1.165, 1.54) is 422 Å². The van der Waals surface area contributed by atoms with Crippen LogP contribution in [0.5, 0.6) is 23.0 Å². The maximum Gasteiger partial charge on any atom is 0.130 e. The third-order valence-corrected chi connectivity index (χ3v) is 23.5. The Morgan fingerprint density at radius 2 is 0.377 bits per heavy atom. The Kier molecular flexibility index (Phi) is 66.4. The Morgan fingerprint density at radius 3 is 0.575 bits per heavy atom. The summed E-state index contributed by atoms with van der Waals surface area (Å²) < 4.78 is 28.1. The van der Waals surface area contributed by atoms with Gasteiger partial charge in [-0.3, -0.25) is 0 Å². The number of hydrogen-bond donors (Lipinski definition) is 0.